The fourth-order valence-electron chi connectivity index (χ4n) is 2.53. The molecule has 0 radical (unpaired) electrons. The summed E-state index contributed by atoms with van der Waals surface area (Å²) in [5, 5.41) is 0. The lowest BCUT2D eigenvalue weighted by Gasteiger charge is -2.24. The molecule has 3 heteroatoms. The molecule has 1 aliphatic heterocycles. The summed E-state index contributed by atoms with van der Waals surface area (Å²) >= 11 is 0. The number of hydrogen-bond donors (Lipinski definition) is 0. The maximum atomic E-state index is 11.3. The monoisotopic (exact) mass is 264 g/mol. The molecule has 0 bridgehead atoms. The van der Waals surface area contributed by atoms with Gasteiger partial charge in [-0.05, 0) is 6.07 Å². The van der Waals surface area contributed by atoms with Crippen LogP contribution in [0.5, 0.6) is 0 Å². The van der Waals surface area contributed by atoms with Crippen LogP contribution in [-0.4, -0.2) is 31.6 Å². The van der Waals surface area contributed by atoms with Gasteiger partial charge in [0.1, 0.15) is 12.3 Å². The zero-order valence-electron chi connectivity index (χ0n) is 11.4. The Bertz CT molecular complexity index is 649. The smallest absolute Gasteiger partial charge is 0.144 e. The lowest BCUT2D eigenvalue weighted by atomic mass is 10.0. The van der Waals surface area contributed by atoms with E-state index in [4.69, 9.17) is 0 Å². The van der Waals surface area contributed by atoms with Gasteiger partial charge in [0, 0.05) is 23.9 Å². The van der Waals surface area contributed by atoms with Gasteiger partial charge >= 0.3 is 0 Å². The standard InChI is InChI=1S/C17H16N2O/c1-19-14(12-20)11-18-17(13-7-3-2-4-8-13)15-9-5-6-10-16(15)19/h2-10,12,14H,11H2,1H3. The van der Waals surface area contributed by atoms with Gasteiger partial charge in [-0.25, -0.2) is 0 Å². The van der Waals surface area contributed by atoms with Gasteiger partial charge < -0.3 is 9.69 Å². The van der Waals surface area contributed by atoms with Crippen LogP contribution in [0.15, 0.2) is 59.6 Å². The molecule has 0 aromatic heterocycles. The van der Waals surface area contributed by atoms with E-state index < -0.39 is 0 Å². The molecule has 1 atom stereocenters. The number of hydrogen-bond acceptors (Lipinski definition) is 3. The molecule has 0 saturated carbocycles. The number of carbonyl (C=O) groups is 1. The van der Waals surface area contributed by atoms with E-state index in [-0.39, 0.29) is 6.04 Å². The number of aliphatic imine (C=N–C) groups is 1. The SMILES string of the molecule is CN1c2ccccc2C(c2ccccc2)=NCC1C=O. The van der Waals surface area contributed by atoms with E-state index >= 15 is 0 Å². The summed E-state index contributed by atoms with van der Waals surface area (Å²) < 4.78 is 0. The minimum atomic E-state index is -0.211. The molecule has 1 heterocycles. The minimum Gasteiger partial charge on any atom is -0.362 e. The lowest BCUT2D eigenvalue weighted by molar-refractivity contribution is -0.108. The second kappa shape index (κ2) is 5.29. The Kier molecular flexibility index (Phi) is 3.33. The predicted octanol–water partition coefficient (Wildman–Crippen LogP) is 2.54. The van der Waals surface area contributed by atoms with E-state index in [0.29, 0.717) is 6.54 Å². The lowest BCUT2D eigenvalue weighted by Crippen LogP contribution is -2.34. The molecular weight excluding hydrogens is 248 g/mol. The Balaban J connectivity index is 2.17. The van der Waals surface area contributed by atoms with Crippen LogP contribution in [0, 0.1) is 0 Å². The number of anilines is 1. The Hall–Kier alpha value is -2.42. The average Bonchev–Trinajstić information content (AvgIpc) is 2.65. The van der Waals surface area contributed by atoms with Gasteiger partial charge in [0.2, 0.25) is 0 Å². The van der Waals surface area contributed by atoms with Gasteiger partial charge in [-0.1, -0.05) is 48.5 Å². The highest BCUT2D eigenvalue weighted by Gasteiger charge is 2.23. The molecule has 2 aromatic rings. The van der Waals surface area contributed by atoms with Gasteiger partial charge in [-0.3, -0.25) is 4.99 Å². The highest BCUT2D eigenvalue weighted by molar-refractivity contribution is 6.16. The maximum Gasteiger partial charge on any atom is 0.144 e. The molecule has 3 nitrogen and oxygen atoms in total. The predicted molar refractivity (Wildman–Crippen MR) is 81.6 cm³/mol. The van der Waals surface area contributed by atoms with Crippen molar-refractivity contribution < 1.29 is 4.79 Å². The summed E-state index contributed by atoms with van der Waals surface area (Å²) in [6, 6.07) is 18.0. The fraction of sp³-hybridized carbons (Fsp3) is 0.176. The van der Waals surface area contributed by atoms with Crippen molar-refractivity contribution in [3.63, 3.8) is 0 Å². The van der Waals surface area contributed by atoms with E-state index in [1.807, 2.05) is 48.3 Å². The Morgan fingerprint density at radius 1 is 1.10 bits per heavy atom. The molecule has 3 rings (SSSR count). The van der Waals surface area contributed by atoms with Crippen molar-refractivity contribution in [2.75, 3.05) is 18.5 Å². The van der Waals surface area contributed by atoms with E-state index in [0.717, 1.165) is 28.8 Å². The van der Waals surface area contributed by atoms with Crippen LogP contribution >= 0.6 is 0 Å². The molecule has 100 valence electrons. The first kappa shape index (κ1) is 12.6. The second-order valence-corrected chi connectivity index (χ2v) is 4.89. The van der Waals surface area contributed by atoms with Crippen molar-refractivity contribution in [1.29, 1.82) is 0 Å². The summed E-state index contributed by atoms with van der Waals surface area (Å²) in [5.74, 6) is 0. The van der Waals surface area contributed by atoms with Crippen molar-refractivity contribution in [3.05, 3.63) is 65.7 Å². The van der Waals surface area contributed by atoms with Crippen molar-refractivity contribution in [2.45, 2.75) is 6.04 Å². The third-order valence-corrected chi connectivity index (χ3v) is 3.68. The van der Waals surface area contributed by atoms with Crippen LogP contribution in [0.25, 0.3) is 0 Å². The van der Waals surface area contributed by atoms with Gasteiger partial charge in [0.15, 0.2) is 0 Å². The minimum absolute atomic E-state index is 0.211. The number of aldehydes is 1. The maximum absolute atomic E-state index is 11.3. The number of para-hydroxylation sites is 1. The molecule has 0 saturated heterocycles. The number of benzene rings is 2. The van der Waals surface area contributed by atoms with Crippen LogP contribution in [0.1, 0.15) is 11.1 Å². The first-order valence-electron chi connectivity index (χ1n) is 6.68. The first-order chi connectivity index (χ1) is 9.81. The number of benzodiazepines with no additional fused rings is 1. The number of nitrogens with zero attached hydrogens (tertiary/aromatic N) is 2. The highest BCUT2D eigenvalue weighted by Crippen LogP contribution is 2.26. The summed E-state index contributed by atoms with van der Waals surface area (Å²) in [5.41, 5.74) is 4.16. The second-order valence-electron chi connectivity index (χ2n) is 4.89. The Labute approximate surface area is 118 Å². The van der Waals surface area contributed by atoms with Gasteiger partial charge in [-0.2, -0.15) is 0 Å². The quantitative estimate of drug-likeness (QED) is 0.781. The third kappa shape index (κ3) is 2.11. The largest absolute Gasteiger partial charge is 0.362 e. The molecule has 2 aromatic carbocycles. The summed E-state index contributed by atoms with van der Waals surface area (Å²) in [6.45, 7) is 0.485. The molecule has 0 amide bonds. The normalized spacial score (nSPS) is 17.9. The van der Waals surface area contributed by atoms with E-state index in [1.54, 1.807) is 0 Å². The number of fused-ring (bicyclic) bond motifs is 1. The fourth-order valence-corrected chi connectivity index (χ4v) is 2.53. The zero-order valence-corrected chi connectivity index (χ0v) is 11.4. The van der Waals surface area contributed by atoms with Crippen LogP contribution in [0.4, 0.5) is 5.69 Å². The Morgan fingerprint density at radius 3 is 2.55 bits per heavy atom. The summed E-state index contributed by atoms with van der Waals surface area (Å²) in [6.07, 6.45) is 0.966. The molecule has 0 aliphatic carbocycles. The number of rotatable bonds is 2. The molecule has 1 aliphatic rings. The molecular formula is C17H16N2O. The third-order valence-electron chi connectivity index (χ3n) is 3.68. The summed E-state index contributed by atoms with van der Waals surface area (Å²) in [4.78, 5) is 17.9. The van der Waals surface area contributed by atoms with Gasteiger partial charge in [0.05, 0.1) is 12.3 Å². The molecule has 20 heavy (non-hydrogen) atoms. The average molecular weight is 264 g/mol. The van der Waals surface area contributed by atoms with Gasteiger partial charge in [-0.15, -0.1) is 0 Å². The van der Waals surface area contributed by atoms with E-state index in [2.05, 4.69) is 23.2 Å². The van der Waals surface area contributed by atoms with Crippen molar-refractivity contribution in [2.24, 2.45) is 4.99 Å². The van der Waals surface area contributed by atoms with Crippen molar-refractivity contribution >= 4 is 17.7 Å². The molecule has 1 unspecified atom stereocenters. The van der Waals surface area contributed by atoms with Crippen LogP contribution < -0.4 is 4.90 Å². The molecule has 0 fully saturated rings. The zero-order chi connectivity index (χ0) is 13.9. The van der Waals surface area contributed by atoms with E-state index in [9.17, 15) is 4.79 Å². The van der Waals surface area contributed by atoms with E-state index in [1.165, 1.54) is 0 Å². The van der Waals surface area contributed by atoms with Gasteiger partial charge in [0.25, 0.3) is 0 Å². The number of likely N-dealkylation sites (N-methyl/N-ethyl adjacent to an activating group) is 1. The van der Waals surface area contributed by atoms with Crippen molar-refractivity contribution in [1.82, 2.24) is 0 Å². The van der Waals surface area contributed by atoms with Crippen LogP contribution in [0.3, 0.4) is 0 Å². The topological polar surface area (TPSA) is 32.7 Å². The highest BCUT2D eigenvalue weighted by atomic mass is 16.1. The van der Waals surface area contributed by atoms with Crippen LogP contribution in [0.2, 0.25) is 0 Å². The number of carbonyl (C=O) groups excluding carboxylic acids is 1. The molecule has 0 spiro atoms. The Morgan fingerprint density at radius 2 is 1.80 bits per heavy atom. The van der Waals surface area contributed by atoms with Crippen molar-refractivity contribution in [3.8, 4) is 0 Å². The molecule has 0 N–H and O–H groups in total. The van der Waals surface area contributed by atoms with Crippen LogP contribution in [-0.2, 0) is 4.79 Å². The first-order valence-corrected chi connectivity index (χ1v) is 6.68. The summed E-state index contributed by atoms with van der Waals surface area (Å²) in [7, 11) is 1.95.